The third kappa shape index (κ3) is 3.01. The molecule has 0 aromatic rings. The van der Waals surface area contributed by atoms with Crippen LogP contribution in [0, 0.1) is 0 Å². The van der Waals surface area contributed by atoms with Crippen LogP contribution in [0.2, 0.25) is 0 Å². The number of carbonyl (C=O) groups is 1. The molecule has 2 rings (SSSR count). The Morgan fingerprint density at radius 1 is 1.29 bits per heavy atom. The highest BCUT2D eigenvalue weighted by atomic mass is 16.2. The molecule has 0 spiro atoms. The van der Waals surface area contributed by atoms with E-state index in [0.717, 1.165) is 45.1 Å². The monoisotopic (exact) mass is 238 g/mol. The lowest BCUT2D eigenvalue weighted by atomic mass is 9.81. The fraction of sp³-hybridized carbons (Fsp3) is 0.929. The molecule has 2 fully saturated rings. The fourth-order valence-corrected chi connectivity index (χ4v) is 2.85. The van der Waals surface area contributed by atoms with Crippen molar-refractivity contribution >= 4 is 5.91 Å². The molecule has 17 heavy (non-hydrogen) atoms. The van der Waals surface area contributed by atoms with Crippen molar-refractivity contribution < 1.29 is 4.79 Å². The van der Waals surface area contributed by atoms with Gasteiger partial charge in [0.2, 0.25) is 5.91 Å². The van der Waals surface area contributed by atoms with Crippen LogP contribution in [0.3, 0.4) is 0 Å². The average molecular weight is 238 g/mol. The normalized spacial score (nSPS) is 23.4. The second-order valence-electron chi connectivity index (χ2n) is 5.80. The van der Waals surface area contributed by atoms with Crippen molar-refractivity contribution in [1.82, 2.24) is 4.90 Å². The summed E-state index contributed by atoms with van der Waals surface area (Å²) >= 11 is 0. The highest BCUT2D eigenvalue weighted by Gasteiger charge is 2.42. The predicted molar refractivity (Wildman–Crippen MR) is 69.6 cm³/mol. The van der Waals surface area contributed by atoms with Gasteiger partial charge >= 0.3 is 0 Å². The van der Waals surface area contributed by atoms with E-state index in [9.17, 15) is 4.79 Å². The molecule has 1 amide bonds. The second-order valence-corrected chi connectivity index (χ2v) is 5.80. The number of nitrogens with two attached hydrogens (primary N) is 1. The lowest BCUT2D eigenvalue weighted by Crippen LogP contribution is -2.57. The Morgan fingerprint density at radius 3 is 2.47 bits per heavy atom. The zero-order valence-electron chi connectivity index (χ0n) is 11.1. The third-order valence-corrected chi connectivity index (χ3v) is 4.17. The molecule has 2 aliphatic rings. The van der Waals surface area contributed by atoms with Gasteiger partial charge in [-0.15, -0.1) is 0 Å². The van der Waals surface area contributed by atoms with E-state index in [0.29, 0.717) is 6.04 Å². The summed E-state index contributed by atoms with van der Waals surface area (Å²) in [7, 11) is 0. The van der Waals surface area contributed by atoms with Crippen LogP contribution in [-0.4, -0.2) is 28.9 Å². The van der Waals surface area contributed by atoms with Gasteiger partial charge in [-0.25, -0.2) is 0 Å². The zero-order valence-corrected chi connectivity index (χ0v) is 11.1. The average Bonchev–Trinajstić information content (AvgIpc) is 3.15. The van der Waals surface area contributed by atoms with Crippen LogP contribution in [0.1, 0.15) is 64.7 Å². The zero-order chi connectivity index (χ0) is 12.3. The largest absolute Gasteiger partial charge is 0.338 e. The van der Waals surface area contributed by atoms with Crippen molar-refractivity contribution in [3.8, 4) is 0 Å². The molecule has 0 heterocycles. The first kappa shape index (κ1) is 12.9. The summed E-state index contributed by atoms with van der Waals surface area (Å²) in [5.74, 6) is 0.244. The Labute approximate surface area is 105 Å². The molecule has 3 nitrogen and oxygen atoms in total. The van der Waals surface area contributed by atoms with Crippen LogP contribution in [0.25, 0.3) is 0 Å². The van der Waals surface area contributed by atoms with E-state index in [4.69, 9.17) is 5.73 Å². The van der Waals surface area contributed by atoms with Crippen molar-refractivity contribution in [3.05, 3.63) is 0 Å². The first-order valence-electron chi connectivity index (χ1n) is 7.27. The van der Waals surface area contributed by atoms with Crippen LogP contribution >= 0.6 is 0 Å². The maximum absolute atomic E-state index is 12.6. The predicted octanol–water partition coefficient (Wildman–Crippen LogP) is 2.44. The summed E-state index contributed by atoms with van der Waals surface area (Å²) in [4.78, 5) is 14.7. The fourth-order valence-electron chi connectivity index (χ4n) is 2.85. The SMILES string of the molecule is CCCCN(C(=O)C1(N)CCCCC1)C1CC1. The molecule has 0 atom stereocenters. The van der Waals surface area contributed by atoms with Crippen LogP contribution in [0.5, 0.6) is 0 Å². The van der Waals surface area contributed by atoms with E-state index in [1.54, 1.807) is 0 Å². The van der Waals surface area contributed by atoms with Gasteiger partial charge in [-0.2, -0.15) is 0 Å². The number of hydrogen-bond acceptors (Lipinski definition) is 2. The number of carbonyl (C=O) groups excluding carboxylic acids is 1. The summed E-state index contributed by atoms with van der Waals surface area (Å²) < 4.78 is 0. The Hall–Kier alpha value is -0.570. The Balaban J connectivity index is 1.98. The van der Waals surface area contributed by atoms with Gasteiger partial charge in [0.25, 0.3) is 0 Å². The first-order valence-corrected chi connectivity index (χ1v) is 7.27. The number of nitrogens with zero attached hydrogens (tertiary/aromatic N) is 1. The van der Waals surface area contributed by atoms with E-state index in [-0.39, 0.29) is 5.91 Å². The number of amides is 1. The van der Waals surface area contributed by atoms with Gasteiger partial charge in [-0.3, -0.25) is 4.79 Å². The van der Waals surface area contributed by atoms with Crippen molar-refractivity contribution in [2.75, 3.05) is 6.54 Å². The van der Waals surface area contributed by atoms with E-state index in [1.807, 2.05) is 0 Å². The van der Waals surface area contributed by atoms with Crippen molar-refractivity contribution in [2.45, 2.75) is 76.3 Å². The third-order valence-electron chi connectivity index (χ3n) is 4.17. The molecule has 2 N–H and O–H groups in total. The van der Waals surface area contributed by atoms with Gasteiger partial charge in [-0.05, 0) is 32.1 Å². The van der Waals surface area contributed by atoms with Crippen molar-refractivity contribution in [3.63, 3.8) is 0 Å². The Morgan fingerprint density at radius 2 is 1.94 bits per heavy atom. The molecule has 2 aliphatic carbocycles. The van der Waals surface area contributed by atoms with Gasteiger partial charge < -0.3 is 10.6 Å². The molecule has 0 saturated heterocycles. The lowest BCUT2D eigenvalue weighted by Gasteiger charge is -2.37. The molecule has 3 heteroatoms. The lowest BCUT2D eigenvalue weighted by molar-refractivity contribution is -0.139. The van der Waals surface area contributed by atoms with Crippen molar-refractivity contribution in [2.24, 2.45) is 5.73 Å². The molecule has 0 radical (unpaired) electrons. The maximum Gasteiger partial charge on any atom is 0.242 e. The molecular weight excluding hydrogens is 212 g/mol. The second kappa shape index (κ2) is 5.38. The molecule has 2 saturated carbocycles. The van der Waals surface area contributed by atoms with E-state index >= 15 is 0 Å². The van der Waals surface area contributed by atoms with E-state index in [1.165, 1.54) is 19.3 Å². The highest BCUT2D eigenvalue weighted by Crippen LogP contribution is 2.33. The van der Waals surface area contributed by atoms with Gasteiger partial charge in [-0.1, -0.05) is 32.6 Å². The van der Waals surface area contributed by atoms with Crippen LogP contribution in [-0.2, 0) is 4.79 Å². The van der Waals surface area contributed by atoms with E-state index < -0.39 is 5.54 Å². The van der Waals surface area contributed by atoms with Crippen molar-refractivity contribution in [1.29, 1.82) is 0 Å². The number of unbranched alkanes of at least 4 members (excludes halogenated alkanes) is 1. The quantitative estimate of drug-likeness (QED) is 0.799. The smallest absolute Gasteiger partial charge is 0.242 e. The minimum atomic E-state index is -0.533. The van der Waals surface area contributed by atoms with E-state index in [2.05, 4.69) is 11.8 Å². The maximum atomic E-state index is 12.6. The Bertz CT molecular complexity index is 267. The standard InChI is InChI=1S/C14H26N2O/c1-2-3-11-16(12-7-8-12)13(17)14(15)9-5-4-6-10-14/h12H,2-11,15H2,1H3. The van der Waals surface area contributed by atoms with Crippen LogP contribution in [0.4, 0.5) is 0 Å². The first-order chi connectivity index (χ1) is 8.17. The molecule has 0 aliphatic heterocycles. The number of hydrogen-bond donors (Lipinski definition) is 1. The van der Waals surface area contributed by atoms with Gasteiger partial charge in [0, 0.05) is 12.6 Å². The van der Waals surface area contributed by atoms with Gasteiger partial charge in [0.05, 0.1) is 5.54 Å². The molecule has 0 bridgehead atoms. The van der Waals surface area contributed by atoms with Gasteiger partial charge in [0.1, 0.15) is 0 Å². The Kier molecular flexibility index (Phi) is 4.08. The minimum absolute atomic E-state index is 0.244. The topological polar surface area (TPSA) is 46.3 Å². The molecular formula is C14H26N2O. The van der Waals surface area contributed by atoms with Gasteiger partial charge in [0.15, 0.2) is 0 Å². The van der Waals surface area contributed by atoms with Crippen LogP contribution in [0.15, 0.2) is 0 Å². The summed E-state index contributed by atoms with van der Waals surface area (Å²) in [5, 5.41) is 0. The molecule has 98 valence electrons. The summed E-state index contributed by atoms with van der Waals surface area (Å²) in [5.41, 5.74) is 5.82. The highest BCUT2D eigenvalue weighted by molar-refractivity contribution is 5.86. The minimum Gasteiger partial charge on any atom is -0.338 e. The molecule has 0 aromatic heterocycles. The summed E-state index contributed by atoms with van der Waals surface area (Å²) in [6.45, 7) is 3.09. The summed E-state index contributed by atoms with van der Waals surface area (Å²) in [6, 6.07) is 0.511. The molecule has 0 aromatic carbocycles. The molecule has 0 unspecified atom stereocenters. The number of rotatable bonds is 5. The van der Waals surface area contributed by atoms with Crippen LogP contribution < -0.4 is 5.73 Å². The summed E-state index contributed by atoms with van der Waals surface area (Å²) in [6.07, 6.45) is 9.89.